The summed E-state index contributed by atoms with van der Waals surface area (Å²) in [6, 6.07) is 7.28. The molecule has 1 aliphatic carbocycles. The molecule has 150 valence electrons. The molecule has 7 heteroatoms. The van der Waals surface area contributed by atoms with Crippen LogP contribution in [0.4, 0.5) is 5.69 Å². The van der Waals surface area contributed by atoms with E-state index in [0.717, 1.165) is 31.2 Å². The number of amides is 3. The summed E-state index contributed by atoms with van der Waals surface area (Å²) in [7, 11) is 0. The molecule has 7 nitrogen and oxygen atoms in total. The smallest absolute Gasteiger partial charge is 0.308 e. The first-order valence-corrected chi connectivity index (χ1v) is 9.79. The summed E-state index contributed by atoms with van der Waals surface area (Å²) in [4.78, 5) is 50.3. The van der Waals surface area contributed by atoms with Crippen LogP contribution < -0.4 is 5.32 Å². The molecule has 1 saturated carbocycles. The normalized spacial score (nSPS) is 22.6. The van der Waals surface area contributed by atoms with E-state index in [4.69, 9.17) is 4.74 Å². The summed E-state index contributed by atoms with van der Waals surface area (Å²) in [5.74, 6) is -1.84. The van der Waals surface area contributed by atoms with Gasteiger partial charge in [0.1, 0.15) is 0 Å². The van der Waals surface area contributed by atoms with Gasteiger partial charge in [0, 0.05) is 12.2 Å². The van der Waals surface area contributed by atoms with Crippen molar-refractivity contribution in [2.45, 2.75) is 52.1 Å². The van der Waals surface area contributed by atoms with Crippen molar-refractivity contribution in [1.29, 1.82) is 0 Å². The van der Waals surface area contributed by atoms with Gasteiger partial charge < -0.3 is 10.1 Å². The molecule has 3 rings (SSSR count). The molecular weight excluding hydrogens is 360 g/mol. The number of rotatable bonds is 6. The zero-order valence-corrected chi connectivity index (χ0v) is 16.3. The Hall–Kier alpha value is -2.70. The van der Waals surface area contributed by atoms with Gasteiger partial charge in [-0.05, 0) is 38.8 Å². The van der Waals surface area contributed by atoms with Gasteiger partial charge in [0.2, 0.25) is 11.8 Å². The Labute approximate surface area is 164 Å². The van der Waals surface area contributed by atoms with Crippen molar-refractivity contribution in [2.24, 2.45) is 11.8 Å². The number of anilines is 1. The quantitative estimate of drug-likeness (QED) is 0.599. The second-order valence-electron chi connectivity index (χ2n) is 7.56. The minimum absolute atomic E-state index is 0.00972. The van der Waals surface area contributed by atoms with E-state index in [9.17, 15) is 19.2 Å². The number of nitrogens with zero attached hydrogens (tertiary/aromatic N) is 1. The molecule has 1 aromatic carbocycles. The number of nitrogens with one attached hydrogen (secondary N) is 1. The number of ether oxygens (including phenoxy) is 1. The highest BCUT2D eigenvalue weighted by atomic mass is 16.5. The Balaban J connectivity index is 1.47. The Bertz CT molecular complexity index is 750. The van der Waals surface area contributed by atoms with Gasteiger partial charge in [-0.15, -0.1) is 0 Å². The molecule has 2 aliphatic rings. The van der Waals surface area contributed by atoms with Gasteiger partial charge in [0.15, 0.2) is 6.10 Å². The fourth-order valence-corrected chi connectivity index (χ4v) is 3.84. The van der Waals surface area contributed by atoms with Gasteiger partial charge in [0.05, 0.1) is 18.3 Å². The van der Waals surface area contributed by atoms with Crippen LogP contribution in [0, 0.1) is 18.8 Å². The maximum absolute atomic E-state index is 12.4. The average Bonchev–Trinajstić information content (AvgIpc) is 2.92. The molecule has 3 atom stereocenters. The molecule has 1 aliphatic heterocycles. The first-order valence-electron chi connectivity index (χ1n) is 9.79. The van der Waals surface area contributed by atoms with Gasteiger partial charge in [-0.1, -0.05) is 30.5 Å². The molecule has 2 fully saturated rings. The third-order valence-electron chi connectivity index (χ3n) is 5.47. The van der Waals surface area contributed by atoms with Crippen LogP contribution in [0.5, 0.6) is 0 Å². The van der Waals surface area contributed by atoms with Crippen LogP contribution in [-0.4, -0.2) is 41.2 Å². The van der Waals surface area contributed by atoms with Crippen LogP contribution in [0.15, 0.2) is 24.3 Å². The number of esters is 1. The number of hydrogen-bond acceptors (Lipinski definition) is 5. The Morgan fingerprint density at radius 2 is 1.68 bits per heavy atom. The molecule has 1 heterocycles. The molecule has 0 aromatic heterocycles. The minimum atomic E-state index is -0.971. The first-order chi connectivity index (χ1) is 13.4. The highest BCUT2D eigenvalue weighted by Gasteiger charge is 2.47. The lowest BCUT2D eigenvalue weighted by Crippen LogP contribution is -2.35. The summed E-state index contributed by atoms with van der Waals surface area (Å²) in [6.07, 6.45) is 2.33. The highest BCUT2D eigenvalue weighted by molar-refractivity contribution is 6.05. The van der Waals surface area contributed by atoms with Crippen LogP contribution in [0.25, 0.3) is 0 Å². The van der Waals surface area contributed by atoms with E-state index in [0.29, 0.717) is 5.69 Å². The van der Waals surface area contributed by atoms with Gasteiger partial charge in [-0.25, -0.2) is 0 Å². The number of carbonyl (C=O) groups is 4. The van der Waals surface area contributed by atoms with Gasteiger partial charge in [-0.3, -0.25) is 24.1 Å². The summed E-state index contributed by atoms with van der Waals surface area (Å²) >= 11 is 0. The predicted molar refractivity (Wildman–Crippen MR) is 102 cm³/mol. The average molecular weight is 386 g/mol. The largest absolute Gasteiger partial charge is 0.452 e. The Kier molecular flexibility index (Phi) is 6.11. The summed E-state index contributed by atoms with van der Waals surface area (Å²) in [5.41, 5.74) is 1.69. The van der Waals surface area contributed by atoms with Crippen LogP contribution in [0.1, 0.15) is 44.6 Å². The predicted octanol–water partition coefficient (Wildman–Crippen LogP) is 2.43. The minimum Gasteiger partial charge on any atom is -0.452 e. The van der Waals surface area contributed by atoms with Crippen LogP contribution >= 0.6 is 0 Å². The van der Waals surface area contributed by atoms with E-state index in [1.165, 1.54) is 11.8 Å². The van der Waals surface area contributed by atoms with Crippen molar-refractivity contribution in [2.75, 3.05) is 11.9 Å². The lowest BCUT2D eigenvalue weighted by Gasteiger charge is -2.19. The lowest BCUT2D eigenvalue weighted by atomic mass is 9.81. The maximum atomic E-state index is 12.4. The third kappa shape index (κ3) is 4.40. The van der Waals surface area contributed by atoms with E-state index in [2.05, 4.69) is 5.32 Å². The summed E-state index contributed by atoms with van der Waals surface area (Å²) < 4.78 is 5.16. The van der Waals surface area contributed by atoms with Gasteiger partial charge >= 0.3 is 5.97 Å². The number of likely N-dealkylation sites (tertiary alicyclic amines) is 1. The maximum Gasteiger partial charge on any atom is 0.308 e. The van der Waals surface area contributed by atoms with Crippen molar-refractivity contribution in [3.8, 4) is 0 Å². The van der Waals surface area contributed by atoms with Crippen molar-refractivity contribution >= 4 is 29.4 Å². The fraction of sp³-hybridized carbons (Fsp3) is 0.524. The van der Waals surface area contributed by atoms with Crippen molar-refractivity contribution in [1.82, 2.24) is 4.90 Å². The van der Waals surface area contributed by atoms with Crippen molar-refractivity contribution in [3.63, 3.8) is 0 Å². The molecule has 0 bridgehead atoms. The van der Waals surface area contributed by atoms with E-state index in [-0.39, 0.29) is 36.6 Å². The molecule has 1 saturated heterocycles. The summed E-state index contributed by atoms with van der Waals surface area (Å²) in [5, 5.41) is 2.68. The van der Waals surface area contributed by atoms with Crippen molar-refractivity contribution in [3.05, 3.63) is 29.8 Å². The zero-order chi connectivity index (χ0) is 20.3. The van der Waals surface area contributed by atoms with Gasteiger partial charge in [0.25, 0.3) is 5.91 Å². The van der Waals surface area contributed by atoms with Gasteiger partial charge in [-0.2, -0.15) is 0 Å². The molecule has 0 radical (unpaired) electrons. The zero-order valence-electron chi connectivity index (χ0n) is 16.3. The first kappa shape index (κ1) is 20.0. The number of carbonyl (C=O) groups excluding carboxylic acids is 4. The highest BCUT2D eigenvalue weighted by Crippen LogP contribution is 2.37. The van der Waals surface area contributed by atoms with Crippen LogP contribution in [0.2, 0.25) is 0 Å². The SMILES string of the molecule is Cc1ccc(NC(=O)[C@@H](C)OC(=O)CCN2C(=O)[C@H]3CCCC[C@@H]3C2=O)cc1. The Morgan fingerprint density at radius 3 is 2.25 bits per heavy atom. The Morgan fingerprint density at radius 1 is 1.11 bits per heavy atom. The molecule has 1 aromatic rings. The molecule has 0 spiro atoms. The van der Waals surface area contributed by atoms with E-state index in [1.807, 2.05) is 19.1 Å². The second kappa shape index (κ2) is 8.54. The molecule has 0 unspecified atom stereocenters. The van der Waals surface area contributed by atoms with Crippen LogP contribution in [0.3, 0.4) is 0 Å². The van der Waals surface area contributed by atoms with E-state index >= 15 is 0 Å². The number of hydrogen-bond donors (Lipinski definition) is 1. The van der Waals surface area contributed by atoms with Crippen molar-refractivity contribution < 1.29 is 23.9 Å². The monoisotopic (exact) mass is 386 g/mol. The van der Waals surface area contributed by atoms with E-state index < -0.39 is 18.0 Å². The number of aryl methyl sites for hydroxylation is 1. The third-order valence-corrected chi connectivity index (χ3v) is 5.47. The van der Waals surface area contributed by atoms with E-state index in [1.54, 1.807) is 12.1 Å². The second-order valence-corrected chi connectivity index (χ2v) is 7.56. The number of imide groups is 1. The molecule has 1 N–H and O–H groups in total. The van der Waals surface area contributed by atoms with Crippen LogP contribution in [-0.2, 0) is 23.9 Å². The lowest BCUT2D eigenvalue weighted by molar-refractivity contribution is -0.154. The molecule has 3 amide bonds. The fourth-order valence-electron chi connectivity index (χ4n) is 3.84. The topological polar surface area (TPSA) is 92.8 Å². The summed E-state index contributed by atoms with van der Waals surface area (Å²) in [6.45, 7) is 3.44. The molecular formula is C21H26N2O5. The molecule has 28 heavy (non-hydrogen) atoms. The standard InChI is InChI=1S/C21H26N2O5/c1-13-7-9-15(10-8-13)22-19(25)14(2)28-18(24)11-12-23-20(26)16-5-3-4-6-17(16)21(23)27/h7-10,14,16-17H,3-6,11-12H2,1-2H3,(H,22,25)/t14-,16+,17+/m1/s1. The number of fused-ring (bicyclic) bond motifs is 1. The number of benzene rings is 1.